The Hall–Kier alpha value is -1.24. The SMILES string of the molecule is CCCCOC(=O)C(C)(CC)OC#N. The molecule has 1 unspecified atom stereocenters. The summed E-state index contributed by atoms with van der Waals surface area (Å²) in [5, 5.41) is 8.37. The van der Waals surface area contributed by atoms with Gasteiger partial charge in [-0.2, -0.15) is 5.26 Å². The second-order valence-corrected chi connectivity index (χ2v) is 3.27. The lowest BCUT2D eigenvalue weighted by Gasteiger charge is -2.22. The maximum absolute atomic E-state index is 11.5. The molecule has 1 atom stereocenters. The third-order valence-electron chi connectivity index (χ3n) is 2.11. The normalized spacial score (nSPS) is 13.9. The van der Waals surface area contributed by atoms with Gasteiger partial charge in [0.2, 0.25) is 5.60 Å². The highest BCUT2D eigenvalue weighted by Crippen LogP contribution is 2.16. The first kappa shape index (κ1) is 12.8. The third-order valence-corrected chi connectivity index (χ3v) is 2.11. The first-order valence-electron chi connectivity index (χ1n) is 4.85. The predicted molar refractivity (Wildman–Crippen MR) is 51.3 cm³/mol. The lowest BCUT2D eigenvalue weighted by Crippen LogP contribution is -2.38. The lowest BCUT2D eigenvalue weighted by molar-refractivity contribution is -0.163. The fourth-order valence-corrected chi connectivity index (χ4v) is 0.821. The minimum absolute atomic E-state index is 0.389. The predicted octanol–water partition coefficient (Wildman–Crippen LogP) is 2.00. The van der Waals surface area contributed by atoms with Gasteiger partial charge in [0.25, 0.3) is 6.26 Å². The van der Waals surface area contributed by atoms with E-state index in [9.17, 15) is 4.79 Å². The molecule has 0 saturated carbocycles. The fraction of sp³-hybridized carbons (Fsp3) is 0.800. The van der Waals surface area contributed by atoms with Crippen LogP contribution < -0.4 is 0 Å². The summed E-state index contributed by atoms with van der Waals surface area (Å²) in [6, 6.07) is 0. The fourth-order valence-electron chi connectivity index (χ4n) is 0.821. The van der Waals surface area contributed by atoms with Crippen LogP contribution in [-0.2, 0) is 14.3 Å². The van der Waals surface area contributed by atoms with Crippen LogP contribution in [0.2, 0.25) is 0 Å². The summed E-state index contributed by atoms with van der Waals surface area (Å²) in [5.41, 5.74) is -1.12. The van der Waals surface area contributed by atoms with Crippen LogP contribution in [-0.4, -0.2) is 18.2 Å². The van der Waals surface area contributed by atoms with Crippen LogP contribution in [0, 0.1) is 11.5 Å². The number of carbonyl (C=O) groups is 1. The molecule has 4 nitrogen and oxygen atoms in total. The van der Waals surface area contributed by atoms with Gasteiger partial charge in [-0.05, 0) is 19.8 Å². The van der Waals surface area contributed by atoms with Gasteiger partial charge in [-0.25, -0.2) is 4.79 Å². The summed E-state index contributed by atoms with van der Waals surface area (Å²) in [6.07, 6.45) is 3.75. The van der Waals surface area contributed by atoms with Crippen LogP contribution in [0.4, 0.5) is 0 Å². The molecule has 0 radical (unpaired) electrons. The lowest BCUT2D eigenvalue weighted by atomic mass is 10.0. The van der Waals surface area contributed by atoms with Crippen LogP contribution in [0.15, 0.2) is 0 Å². The van der Waals surface area contributed by atoms with Crippen LogP contribution in [0.5, 0.6) is 0 Å². The van der Waals surface area contributed by atoms with Crippen molar-refractivity contribution < 1.29 is 14.3 Å². The highest BCUT2D eigenvalue weighted by Gasteiger charge is 2.35. The topological polar surface area (TPSA) is 59.3 Å². The van der Waals surface area contributed by atoms with Gasteiger partial charge < -0.3 is 9.47 Å². The quantitative estimate of drug-likeness (QED) is 0.373. The van der Waals surface area contributed by atoms with Crippen LogP contribution in [0.1, 0.15) is 40.0 Å². The first-order chi connectivity index (χ1) is 6.60. The van der Waals surface area contributed by atoms with Gasteiger partial charge in [-0.1, -0.05) is 20.3 Å². The maximum Gasteiger partial charge on any atom is 0.351 e. The van der Waals surface area contributed by atoms with Crippen molar-refractivity contribution in [2.75, 3.05) is 6.61 Å². The smallest absolute Gasteiger partial charge is 0.351 e. The average Bonchev–Trinajstić information content (AvgIpc) is 2.18. The molecular formula is C10H17NO3. The second-order valence-electron chi connectivity index (χ2n) is 3.27. The first-order valence-corrected chi connectivity index (χ1v) is 4.85. The van der Waals surface area contributed by atoms with Crippen molar-refractivity contribution in [1.82, 2.24) is 0 Å². The van der Waals surface area contributed by atoms with Crippen molar-refractivity contribution in [1.29, 1.82) is 5.26 Å². The molecule has 0 fully saturated rings. The highest BCUT2D eigenvalue weighted by molar-refractivity contribution is 5.79. The molecular weight excluding hydrogens is 182 g/mol. The number of nitriles is 1. The molecule has 0 aliphatic heterocycles. The molecule has 0 aromatic heterocycles. The number of esters is 1. The highest BCUT2D eigenvalue weighted by atomic mass is 16.6. The molecule has 0 saturated heterocycles. The van der Waals surface area contributed by atoms with Crippen LogP contribution in [0.3, 0.4) is 0 Å². The molecule has 0 N–H and O–H groups in total. The Morgan fingerprint density at radius 2 is 2.14 bits per heavy atom. The number of hydrogen-bond donors (Lipinski definition) is 0. The largest absolute Gasteiger partial charge is 0.463 e. The number of carbonyl (C=O) groups excluding carboxylic acids is 1. The van der Waals surface area contributed by atoms with Crippen molar-refractivity contribution in [2.45, 2.75) is 45.6 Å². The zero-order valence-corrected chi connectivity index (χ0v) is 9.00. The minimum atomic E-state index is -1.12. The van der Waals surface area contributed by atoms with Gasteiger partial charge in [0.1, 0.15) is 0 Å². The van der Waals surface area contributed by atoms with E-state index in [1.807, 2.05) is 6.92 Å². The van der Waals surface area contributed by atoms with Crippen LogP contribution in [0.25, 0.3) is 0 Å². The Morgan fingerprint density at radius 1 is 1.50 bits per heavy atom. The van der Waals surface area contributed by atoms with Crippen molar-refractivity contribution in [2.24, 2.45) is 0 Å². The van der Waals surface area contributed by atoms with Crippen molar-refractivity contribution in [3.63, 3.8) is 0 Å². The molecule has 14 heavy (non-hydrogen) atoms. The van der Waals surface area contributed by atoms with Crippen molar-refractivity contribution in [3.8, 4) is 6.26 Å². The zero-order chi connectivity index (χ0) is 11.0. The third kappa shape index (κ3) is 3.65. The van der Waals surface area contributed by atoms with Gasteiger partial charge in [-0.15, -0.1) is 0 Å². The van der Waals surface area contributed by atoms with E-state index >= 15 is 0 Å². The van der Waals surface area contributed by atoms with Gasteiger partial charge >= 0.3 is 5.97 Å². The Labute approximate surface area is 84.8 Å². The standard InChI is InChI=1S/C10H17NO3/c1-4-6-7-13-9(12)10(3,5-2)14-8-11/h4-7H2,1-3H3. The van der Waals surface area contributed by atoms with E-state index in [1.54, 1.807) is 13.8 Å². The number of hydrogen-bond acceptors (Lipinski definition) is 4. The minimum Gasteiger partial charge on any atom is -0.463 e. The maximum atomic E-state index is 11.5. The van der Waals surface area contributed by atoms with E-state index in [0.717, 1.165) is 12.8 Å². The molecule has 0 aromatic carbocycles. The van der Waals surface area contributed by atoms with Crippen molar-refractivity contribution >= 4 is 5.97 Å². The van der Waals surface area contributed by atoms with Gasteiger partial charge in [-0.3, -0.25) is 0 Å². The summed E-state index contributed by atoms with van der Waals surface area (Å²) in [6.45, 7) is 5.74. The molecule has 0 aliphatic rings. The van der Waals surface area contributed by atoms with E-state index < -0.39 is 11.6 Å². The van der Waals surface area contributed by atoms with Crippen LogP contribution >= 0.6 is 0 Å². The number of ether oxygens (including phenoxy) is 2. The molecule has 0 rings (SSSR count). The second kappa shape index (κ2) is 6.25. The molecule has 0 heterocycles. The molecule has 0 aliphatic carbocycles. The average molecular weight is 199 g/mol. The number of unbranched alkanes of at least 4 members (excludes halogenated alkanes) is 1. The Balaban J connectivity index is 4.11. The van der Waals surface area contributed by atoms with E-state index in [2.05, 4.69) is 0 Å². The van der Waals surface area contributed by atoms with E-state index in [0.29, 0.717) is 13.0 Å². The van der Waals surface area contributed by atoms with E-state index in [-0.39, 0.29) is 0 Å². The molecule has 0 aromatic rings. The Bertz CT molecular complexity index is 222. The summed E-state index contributed by atoms with van der Waals surface area (Å²) >= 11 is 0. The summed E-state index contributed by atoms with van der Waals surface area (Å²) < 4.78 is 9.68. The zero-order valence-electron chi connectivity index (χ0n) is 9.00. The Kier molecular flexibility index (Phi) is 5.70. The Morgan fingerprint density at radius 3 is 2.57 bits per heavy atom. The molecule has 80 valence electrons. The summed E-state index contributed by atoms with van der Waals surface area (Å²) in [5.74, 6) is -0.463. The van der Waals surface area contributed by atoms with E-state index in [4.69, 9.17) is 14.7 Å². The van der Waals surface area contributed by atoms with Crippen molar-refractivity contribution in [3.05, 3.63) is 0 Å². The monoisotopic (exact) mass is 199 g/mol. The van der Waals surface area contributed by atoms with Gasteiger partial charge in [0, 0.05) is 0 Å². The summed E-state index contributed by atoms with van der Waals surface area (Å²) in [4.78, 5) is 11.5. The number of nitrogens with zero attached hydrogens (tertiary/aromatic N) is 1. The van der Waals surface area contributed by atoms with Gasteiger partial charge in [0.05, 0.1) is 6.61 Å². The van der Waals surface area contributed by atoms with E-state index in [1.165, 1.54) is 6.26 Å². The molecule has 0 amide bonds. The molecule has 4 heteroatoms. The number of rotatable bonds is 6. The molecule has 0 spiro atoms. The van der Waals surface area contributed by atoms with Gasteiger partial charge in [0.15, 0.2) is 0 Å². The molecule has 0 bridgehead atoms. The summed E-state index contributed by atoms with van der Waals surface area (Å²) in [7, 11) is 0.